The first-order valence-electron chi connectivity index (χ1n) is 5.37. The summed E-state index contributed by atoms with van der Waals surface area (Å²) in [4.78, 5) is 10.8. The molecule has 0 radical (unpaired) electrons. The predicted molar refractivity (Wildman–Crippen MR) is 53.2 cm³/mol. The molecule has 0 aliphatic heterocycles. The maximum absolute atomic E-state index is 10.8. The Morgan fingerprint density at radius 2 is 1.67 bits per heavy atom. The molecule has 0 amide bonds. The summed E-state index contributed by atoms with van der Waals surface area (Å²) in [5, 5.41) is 0. The molecule has 0 heterocycles. The van der Waals surface area contributed by atoms with Crippen molar-refractivity contribution in [3.8, 4) is 0 Å². The molecule has 0 N–H and O–H groups in total. The van der Waals surface area contributed by atoms with E-state index in [1.54, 1.807) is 0 Å². The summed E-state index contributed by atoms with van der Waals surface area (Å²) in [5.74, 6) is -0.0309. The summed E-state index contributed by atoms with van der Waals surface area (Å²) in [6.45, 7) is 3.69. The van der Waals surface area contributed by atoms with Gasteiger partial charge in [-0.25, -0.2) is 0 Å². The Kier molecular flexibility index (Phi) is 17.2. The molecule has 15 heavy (non-hydrogen) atoms. The largest absolute Gasteiger partial charge is 0 e. The van der Waals surface area contributed by atoms with Gasteiger partial charge in [0.05, 0.1) is 0 Å². The summed E-state index contributed by atoms with van der Waals surface area (Å²) < 4.78 is 4.68. The molecule has 0 aromatic carbocycles. The van der Waals surface area contributed by atoms with E-state index in [4.69, 9.17) is 0 Å². The van der Waals surface area contributed by atoms with E-state index in [2.05, 4.69) is 10.1 Å². The molecule has 0 aliphatic rings. The van der Waals surface area contributed by atoms with Crippen molar-refractivity contribution in [2.24, 2.45) is 0 Å². The number of rotatable bonds is 9. The van der Waals surface area contributed by atoms with Crippen LogP contribution in [0.2, 0.25) is 0 Å². The third kappa shape index (κ3) is 14.5. The van der Waals surface area contributed by atoms with Crippen molar-refractivity contribution in [3.63, 3.8) is 0 Å². The zero-order valence-electron chi connectivity index (χ0n) is 9.67. The summed E-state index contributed by atoms with van der Waals surface area (Å²) >= 11 is 0.625. The standard InChI is InChI=1S/C11H20O2.2Zn/c1-2-3-4-5-6-7-8-9-10-11(12)13;;/h2H,1,3-10H2,(H,12,13);;/q;;+1/p-1. The maximum atomic E-state index is 10.8. The SMILES string of the molecule is C=CCCCCCCCCC(=O)[O][Zn].[Zn]. The van der Waals surface area contributed by atoms with Gasteiger partial charge >= 0.3 is 97.0 Å². The zero-order valence-corrected chi connectivity index (χ0v) is 15.6. The average Bonchev–Trinajstić information content (AvgIpc) is 2.21. The average molecular weight is 314 g/mol. The van der Waals surface area contributed by atoms with E-state index >= 15 is 0 Å². The van der Waals surface area contributed by atoms with E-state index in [1.165, 1.54) is 25.7 Å². The van der Waals surface area contributed by atoms with Gasteiger partial charge in [-0.05, 0) is 0 Å². The van der Waals surface area contributed by atoms with Crippen molar-refractivity contribution in [3.05, 3.63) is 12.7 Å². The van der Waals surface area contributed by atoms with Gasteiger partial charge < -0.3 is 0 Å². The molecule has 2 nitrogen and oxygen atoms in total. The van der Waals surface area contributed by atoms with Gasteiger partial charge in [-0.2, -0.15) is 0 Å². The van der Waals surface area contributed by atoms with E-state index < -0.39 is 0 Å². The normalized spacial score (nSPS) is 9.20. The quantitative estimate of drug-likeness (QED) is 0.371. The van der Waals surface area contributed by atoms with Gasteiger partial charge in [-0.15, -0.1) is 0 Å². The van der Waals surface area contributed by atoms with Crippen molar-refractivity contribution >= 4 is 5.97 Å². The van der Waals surface area contributed by atoms with Crippen molar-refractivity contribution in [2.45, 2.75) is 51.4 Å². The Balaban J connectivity index is 0. The summed E-state index contributed by atoms with van der Waals surface area (Å²) in [6, 6.07) is 0. The summed E-state index contributed by atoms with van der Waals surface area (Å²) in [6.07, 6.45) is 10.9. The number of hydrogen-bond donors (Lipinski definition) is 0. The third-order valence-electron chi connectivity index (χ3n) is 2.20. The van der Waals surface area contributed by atoms with Gasteiger partial charge in [0.2, 0.25) is 0 Å². The predicted octanol–water partition coefficient (Wildman–Crippen LogP) is 3.30. The molecular weight excluding hydrogens is 295 g/mol. The van der Waals surface area contributed by atoms with Gasteiger partial charge in [0.25, 0.3) is 0 Å². The van der Waals surface area contributed by atoms with Crippen LogP contribution in [0.1, 0.15) is 51.4 Å². The Bertz CT molecular complexity index is 161. The van der Waals surface area contributed by atoms with Crippen LogP contribution in [0.5, 0.6) is 0 Å². The van der Waals surface area contributed by atoms with Crippen molar-refractivity contribution in [2.75, 3.05) is 0 Å². The monoisotopic (exact) mass is 311 g/mol. The number of hydrogen-bond acceptors (Lipinski definition) is 2. The molecule has 0 aromatic heterocycles. The number of allylic oxidation sites excluding steroid dienone is 1. The molecule has 0 unspecified atom stereocenters. The first-order chi connectivity index (χ1) is 6.81. The fourth-order valence-corrected chi connectivity index (χ4v) is 1.64. The summed E-state index contributed by atoms with van der Waals surface area (Å²) in [5.41, 5.74) is 0. The van der Waals surface area contributed by atoms with Gasteiger partial charge in [-0.3, -0.25) is 0 Å². The Morgan fingerprint density at radius 3 is 2.20 bits per heavy atom. The molecular formula is C11H19O2Zn2. The van der Waals surface area contributed by atoms with Crippen LogP contribution in [-0.2, 0) is 46.5 Å². The van der Waals surface area contributed by atoms with Gasteiger partial charge in [0.1, 0.15) is 0 Å². The smallest absolute Gasteiger partial charge is 0 e. The Labute approximate surface area is 116 Å². The van der Waals surface area contributed by atoms with Gasteiger partial charge in [-0.1, -0.05) is 0 Å². The van der Waals surface area contributed by atoms with Gasteiger partial charge in [0.15, 0.2) is 0 Å². The Hall–Kier alpha value is 0.457. The van der Waals surface area contributed by atoms with Crippen molar-refractivity contribution in [1.82, 2.24) is 0 Å². The molecule has 0 fully saturated rings. The minimum atomic E-state index is -0.0309. The van der Waals surface area contributed by atoms with Crippen LogP contribution in [0.15, 0.2) is 12.7 Å². The molecule has 0 atom stereocenters. The molecule has 4 heteroatoms. The molecule has 0 aromatic rings. The number of carbonyl (C=O) groups excluding carboxylic acids is 1. The second-order valence-corrected chi connectivity index (χ2v) is 4.07. The molecule has 0 aliphatic carbocycles. The van der Waals surface area contributed by atoms with Crippen LogP contribution in [0.25, 0.3) is 0 Å². The molecule has 79 valence electrons. The zero-order chi connectivity index (χ0) is 10.6. The molecule has 0 saturated heterocycles. The van der Waals surface area contributed by atoms with Crippen molar-refractivity contribution in [1.29, 1.82) is 0 Å². The van der Waals surface area contributed by atoms with Crippen molar-refractivity contribution < 1.29 is 46.5 Å². The van der Waals surface area contributed by atoms with E-state index in [1.807, 2.05) is 6.08 Å². The fourth-order valence-electron chi connectivity index (χ4n) is 1.34. The van der Waals surface area contributed by atoms with E-state index in [-0.39, 0.29) is 25.4 Å². The van der Waals surface area contributed by atoms with Crippen LogP contribution >= 0.6 is 0 Å². The topological polar surface area (TPSA) is 26.3 Å². The molecule has 0 rings (SSSR count). The van der Waals surface area contributed by atoms with Crippen LogP contribution in [0, 0.1) is 0 Å². The van der Waals surface area contributed by atoms with Crippen LogP contribution in [0.4, 0.5) is 0 Å². The van der Waals surface area contributed by atoms with E-state index in [0.29, 0.717) is 25.1 Å². The van der Waals surface area contributed by atoms with Crippen LogP contribution < -0.4 is 0 Å². The molecule has 0 bridgehead atoms. The second kappa shape index (κ2) is 14.5. The summed E-state index contributed by atoms with van der Waals surface area (Å²) in [7, 11) is 0. The van der Waals surface area contributed by atoms with E-state index in [9.17, 15) is 4.79 Å². The minimum absolute atomic E-state index is 0. The maximum Gasteiger partial charge on any atom is 0 e. The molecule has 0 saturated carbocycles. The first-order valence-corrected chi connectivity index (χ1v) is 6.58. The second-order valence-electron chi connectivity index (χ2n) is 3.47. The molecule has 0 spiro atoms. The Morgan fingerprint density at radius 1 is 1.13 bits per heavy atom. The minimum Gasteiger partial charge on any atom is 0 e. The van der Waals surface area contributed by atoms with E-state index in [0.717, 1.165) is 19.3 Å². The first kappa shape index (κ1) is 17.8. The van der Waals surface area contributed by atoms with Gasteiger partial charge in [0, 0.05) is 19.5 Å². The van der Waals surface area contributed by atoms with Crippen LogP contribution in [0.3, 0.4) is 0 Å². The van der Waals surface area contributed by atoms with Crippen LogP contribution in [-0.4, -0.2) is 5.97 Å². The number of unbranched alkanes of at least 4 members (excludes halogenated alkanes) is 6. The third-order valence-corrected chi connectivity index (χ3v) is 2.88. The fraction of sp³-hybridized carbons (Fsp3) is 0.727. The number of carbonyl (C=O) groups is 1.